The molecule has 3 aromatic rings. The maximum absolute atomic E-state index is 12.5. The zero-order valence-corrected chi connectivity index (χ0v) is 16.1. The van der Waals surface area contributed by atoms with Crippen LogP contribution in [0.15, 0.2) is 32.5 Å². The third-order valence-electron chi connectivity index (χ3n) is 3.58. The van der Waals surface area contributed by atoms with E-state index in [4.69, 9.17) is 21.8 Å². The number of nitrogens with one attached hydrogen (secondary N) is 1. The molecule has 0 saturated heterocycles. The van der Waals surface area contributed by atoms with E-state index in [-0.39, 0.29) is 12.8 Å². The molecular weight excluding hydrogens is 436 g/mol. The molecule has 0 spiro atoms. The smallest absolute Gasteiger partial charge is 0.240 e. The second kappa shape index (κ2) is 7.99. The van der Waals surface area contributed by atoms with E-state index in [1.165, 1.54) is 0 Å². The minimum Gasteiger partial charge on any atom is -0.456 e. The molecule has 25 heavy (non-hydrogen) atoms. The largest absolute Gasteiger partial charge is 0.456 e. The third kappa shape index (κ3) is 4.49. The summed E-state index contributed by atoms with van der Waals surface area (Å²) in [6, 6.07) is 4.97. The summed E-state index contributed by atoms with van der Waals surface area (Å²) < 4.78 is 31.4. The first-order valence-corrected chi connectivity index (χ1v) is 9.56. The van der Waals surface area contributed by atoms with Crippen molar-refractivity contribution in [1.29, 1.82) is 0 Å². The number of alkyl halides is 2. The molecule has 0 aliphatic carbocycles. The number of anilines is 1. The van der Waals surface area contributed by atoms with E-state index < -0.39 is 12.5 Å². The fraction of sp³-hybridized carbons (Fsp3) is 0.312. The average molecular weight is 451 g/mol. The summed E-state index contributed by atoms with van der Waals surface area (Å²) in [6.07, 6.45) is -2.65. The number of aromatic nitrogens is 1. The summed E-state index contributed by atoms with van der Waals surface area (Å²) in [5.41, 5.74) is 7.52. The molecule has 3 N–H and O–H groups in total. The van der Waals surface area contributed by atoms with Crippen LogP contribution in [0.2, 0.25) is 5.15 Å². The number of fused-ring (bicyclic) bond motifs is 1. The van der Waals surface area contributed by atoms with E-state index in [1.54, 1.807) is 17.4 Å². The van der Waals surface area contributed by atoms with Crippen molar-refractivity contribution in [2.45, 2.75) is 31.9 Å². The Kier molecular flexibility index (Phi) is 5.93. The number of rotatable bonds is 7. The first-order valence-electron chi connectivity index (χ1n) is 7.51. The van der Waals surface area contributed by atoms with Crippen LogP contribution in [-0.2, 0) is 13.0 Å². The molecule has 0 aliphatic rings. The van der Waals surface area contributed by atoms with Crippen LogP contribution in [0.25, 0.3) is 11.1 Å². The van der Waals surface area contributed by atoms with Gasteiger partial charge in [0.15, 0.2) is 5.58 Å². The highest BCUT2D eigenvalue weighted by atomic mass is 79.9. The molecule has 134 valence electrons. The Bertz CT molecular complexity index is 857. The Morgan fingerprint density at radius 2 is 2.24 bits per heavy atom. The molecule has 0 aromatic carbocycles. The van der Waals surface area contributed by atoms with Gasteiger partial charge in [0, 0.05) is 36.4 Å². The predicted octanol–water partition coefficient (Wildman–Crippen LogP) is 5.44. The summed E-state index contributed by atoms with van der Waals surface area (Å²) >= 11 is 11.2. The molecule has 0 aliphatic heterocycles. The normalized spacial score (nSPS) is 12.9. The van der Waals surface area contributed by atoms with E-state index in [2.05, 4.69) is 26.2 Å². The van der Waals surface area contributed by atoms with Gasteiger partial charge in [-0.25, -0.2) is 13.8 Å². The topological polar surface area (TPSA) is 64.1 Å². The van der Waals surface area contributed by atoms with Crippen molar-refractivity contribution in [3.05, 3.63) is 43.8 Å². The van der Waals surface area contributed by atoms with Crippen molar-refractivity contribution in [2.75, 3.05) is 5.32 Å². The highest BCUT2D eigenvalue weighted by Crippen LogP contribution is 2.36. The third-order valence-corrected chi connectivity index (χ3v) is 5.47. The number of nitrogens with zero attached hydrogens (tertiary/aromatic N) is 1. The van der Waals surface area contributed by atoms with E-state index in [0.717, 1.165) is 4.88 Å². The summed E-state index contributed by atoms with van der Waals surface area (Å²) in [5.74, 6) is 0.483. The Morgan fingerprint density at radius 3 is 2.92 bits per heavy atom. The van der Waals surface area contributed by atoms with Gasteiger partial charge in [0.2, 0.25) is 6.43 Å². The SMILES string of the molecule is N[C@H](Cc1oc2c(NCc3cccs3)cc(Cl)nc2c1Br)CC(F)F. The lowest BCUT2D eigenvalue weighted by Gasteiger charge is -2.08. The summed E-state index contributed by atoms with van der Waals surface area (Å²) in [6.45, 7) is 0.617. The molecule has 0 amide bonds. The van der Waals surface area contributed by atoms with Crippen LogP contribution >= 0.6 is 38.9 Å². The second-order valence-corrected chi connectivity index (χ2v) is 7.75. The number of thiophene rings is 1. The lowest BCUT2D eigenvalue weighted by atomic mass is 10.1. The first-order chi connectivity index (χ1) is 11.9. The number of nitrogens with two attached hydrogens (primary N) is 1. The van der Waals surface area contributed by atoms with Gasteiger partial charge >= 0.3 is 0 Å². The molecule has 1 atom stereocenters. The van der Waals surface area contributed by atoms with E-state index >= 15 is 0 Å². The quantitative estimate of drug-likeness (QED) is 0.470. The Labute approximate surface area is 160 Å². The van der Waals surface area contributed by atoms with Crippen molar-refractivity contribution < 1.29 is 13.2 Å². The Balaban J connectivity index is 1.88. The van der Waals surface area contributed by atoms with Crippen LogP contribution in [0.1, 0.15) is 17.1 Å². The second-order valence-electron chi connectivity index (χ2n) is 5.53. The van der Waals surface area contributed by atoms with Crippen molar-refractivity contribution in [3.8, 4) is 0 Å². The van der Waals surface area contributed by atoms with Crippen LogP contribution < -0.4 is 11.1 Å². The van der Waals surface area contributed by atoms with Crippen molar-refractivity contribution >= 4 is 55.7 Å². The predicted molar refractivity (Wildman–Crippen MR) is 101 cm³/mol. The minimum absolute atomic E-state index is 0.184. The lowest BCUT2D eigenvalue weighted by molar-refractivity contribution is 0.127. The van der Waals surface area contributed by atoms with Crippen LogP contribution in [-0.4, -0.2) is 17.5 Å². The van der Waals surface area contributed by atoms with E-state index in [0.29, 0.717) is 38.7 Å². The molecule has 9 heteroatoms. The van der Waals surface area contributed by atoms with Crippen molar-refractivity contribution in [2.24, 2.45) is 5.73 Å². The maximum atomic E-state index is 12.5. The zero-order valence-electron chi connectivity index (χ0n) is 12.9. The van der Waals surface area contributed by atoms with Gasteiger partial charge in [-0.15, -0.1) is 11.3 Å². The Hall–Kier alpha value is -1.22. The zero-order chi connectivity index (χ0) is 18.0. The molecule has 4 nitrogen and oxygen atoms in total. The van der Waals surface area contributed by atoms with Crippen LogP contribution in [0.5, 0.6) is 0 Å². The van der Waals surface area contributed by atoms with Gasteiger partial charge in [-0.1, -0.05) is 17.7 Å². The summed E-state index contributed by atoms with van der Waals surface area (Å²) in [5, 5.41) is 5.59. The standard InChI is InChI=1S/C16H15BrClF2N3OS/c17-14-11(4-8(21)5-13(19)20)24-16-10(6-12(18)23-15(14)16)22-7-9-2-1-3-25-9/h1-3,6,8,13H,4-5,7,21H2,(H,22,23)/t8-/m1/s1. The van der Waals surface area contributed by atoms with Crippen LogP contribution in [0, 0.1) is 0 Å². The molecule has 0 fully saturated rings. The van der Waals surface area contributed by atoms with Crippen LogP contribution in [0.3, 0.4) is 0 Å². The number of hydrogen-bond acceptors (Lipinski definition) is 5. The monoisotopic (exact) mass is 449 g/mol. The number of pyridine rings is 1. The van der Waals surface area contributed by atoms with Gasteiger partial charge in [-0.2, -0.15) is 0 Å². The van der Waals surface area contributed by atoms with E-state index in [1.807, 2.05) is 17.5 Å². The van der Waals surface area contributed by atoms with Gasteiger partial charge in [-0.3, -0.25) is 0 Å². The Morgan fingerprint density at radius 1 is 1.44 bits per heavy atom. The van der Waals surface area contributed by atoms with Gasteiger partial charge in [0.05, 0.1) is 10.2 Å². The number of hydrogen-bond donors (Lipinski definition) is 2. The van der Waals surface area contributed by atoms with Gasteiger partial charge < -0.3 is 15.5 Å². The molecule has 0 saturated carbocycles. The lowest BCUT2D eigenvalue weighted by Crippen LogP contribution is -2.25. The molecule has 3 aromatic heterocycles. The molecule has 3 heterocycles. The van der Waals surface area contributed by atoms with Gasteiger partial charge in [0.1, 0.15) is 16.4 Å². The molecule has 3 rings (SSSR count). The van der Waals surface area contributed by atoms with E-state index in [9.17, 15) is 8.78 Å². The number of halogens is 4. The van der Waals surface area contributed by atoms with Crippen molar-refractivity contribution in [3.63, 3.8) is 0 Å². The maximum Gasteiger partial charge on any atom is 0.240 e. The van der Waals surface area contributed by atoms with Crippen LogP contribution in [0.4, 0.5) is 14.5 Å². The highest BCUT2D eigenvalue weighted by Gasteiger charge is 2.21. The first kappa shape index (κ1) is 18.6. The number of furan rings is 1. The average Bonchev–Trinajstić information content (AvgIpc) is 3.14. The molecular formula is C16H15BrClF2N3OS. The summed E-state index contributed by atoms with van der Waals surface area (Å²) in [4.78, 5) is 5.43. The van der Waals surface area contributed by atoms with Gasteiger partial charge in [-0.05, 0) is 27.4 Å². The van der Waals surface area contributed by atoms with Crippen molar-refractivity contribution in [1.82, 2.24) is 4.98 Å². The fourth-order valence-electron chi connectivity index (χ4n) is 2.46. The fourth-order valence-corrected chi connectivity index (χ4v) is 3.81. The summed E-state index contributed by atoms with van der Waals surface area (Å²) in [7, 11) is 0. The molecule has 0 bridgehead atoms. The molecule has 0 unspecified atom stereocenters. The highest BCUT2D eigenvalue weighted by molar-refractivity contribution is 9.10. The van der Waals surface area contributed by atoms with Gasteiger partial charge in [0.25, 0.3) is 0 Å². The molecule has 0 radical (unpaired) electrons. The minimum atomic E-state index is -2.45.